The molecule has 6 heteroatoms. The first kappa shape index (κ1) is 17.1. The van der Waals surface area contributed by atoms with Gasteiger partial charge in [-0.1, -0.05) is 12.1 Å². The van der Waals surface area contributed by atoms with Crippen molar-refractivity contribution in [3.63, 3.8) is 0 Å². The predicted octanol–water partition coefficient (Wildman–Crippen LogP) is 1.59. The number of rotatable bonds is 8. The highest BCUT2D eigenvalue weighted by Crippen LogP contribution is 2.18. The minimum atomic E-state index is -0.307. The molecular formula is C17H25N3O3. The Balaban J connectivity index is 1.61. The van der Waals surface area contributed by atoms with Crippen molar-refractivity contribution < 1.29 is 14.3 Å². The summed E-state index contributed by atoms with van der Waals surface area (Å²) in [6.45, 7) is 1.97. The standard InChI is InChI=1S/C17H25N3O3/c1-12(3-4-13-5-9-15(23-2)10-6-13)19-17(22)18-11-16(21)20-14-7-8-14/h5-6,9-10,12,14H,3-4,7-8,11H2,1-2H3,(H,20,21)(H2,18,19,22). The molecule has 0 saturated heterocycles. The zero-order valence-corrected chi connectivity index (χ0v) is 13.7. The van der Waals surface area contributed by atoms with Gasteiger partial charge in [-0.15, -0.1) is 0 Å². The van der Waals surface area contributed by atoms with Crippen molar-refractivity contribution in [3.8, 4) is 5.75 Å². The molecule has 2 rings (SSSR count). The summed E-state index contributed by atoms with van der Waals surface area (Å²) in [7, 11) is 1.64. The molecular weight excluding hydrogens is 294 g/mol. The van der Waals surface area contributed by atoms with Gasteiger partial charge < -0.3 is 20.7 Å². The van der Waals surface area contributed by atoms with Crippen LogP contribution in [0.1, 0.15) is 31.7 Å². The third-order valence-corrected chi connectivity index (χ3v) is 3.75. The van der Waals surface area contributed by atoms with Gasteiger partial charge in [0.1, 0.15) is 5.75 Å². The van der Waals surface area contributed by atoms with Crippen molar-refractivity contribution in [1.29, 1.82) is 0 Å². The summed E-state index contributed by atoms with van der Waals surface area (Å²) in [4.78, 5) is 23.2. The highest BCUT2D eigenvalue weighted by atomic mass is 16.5. The fraction of sp³-hybridized carbons (Fsp3) is 0.529. The molecule has 0 heterocycles. The lowest BCUT2D eigenvalue weighted by molar-refractivity contribution is -0.120. The van der Waals surface area contributed by atoms with Crippen LogP contribution < -0.4 is 20.7 Å². The van der Waals surface area contributed by atoms with E-state index in [-0.39, 0.29) is 24.5 Å². The van der Waals surface area contributed by atoms with E-state index in [1.54, 1.807) is 7.11 Å². The van der Waals surface area contributed by atoms with Gasteiger partial charge in [0.15, 0.2) is 0 Å². The lowest BCUT2D eigenvalue weighted by Crippen LogP contribution is -2.45. The summed E-state index contributed by atoms with van der Waals surface area (Å²) < 4.78 is 5.12. The van der Waals surface area contributed by atoms with Crippen LogP contribution in [-0.4, -0.2) is 37.7 Å². The second kappa shape index (κ2) is 8.41. The number of carbonyl (C=O) groups excluding carboxylic acids is 2. The Bertz CT molecular complexity index is 526. The van der Waals surface area contributed by atoms with Crippen LogP contribution in [0.3, 0.4) is 0 Å². The molecule has 6 nitrogen and oxygen atoms in total. The molecule has 1 aliphatic rings. The molecule has 0 spiro atoms. The number of hydrogen-bond donors (Lipinski definition) is 3. The van der Waals surface area contributed by atoms with Gasteiger partial charge in [0.05, 0.1) is 13.7 Å². The van der Waals surface area contributed by atoms with E-state index in [1.165, 1.54) is 5.56 Å². The van der Waals surface area contributed by atoms with Crippen LogP contribution in [0.15, 0.2) is 24.3 Å². The third kappa shape index (κ3) is 6.59. The molecule has 1 aliphatic carbocycles. The van der Waals surface area contributed by atoms with Gasteiger partial charge in [0.25, 0.3) is 0 Å². The second-order valence-electron chi connectivity index (χ2n) is 5.96. The van der Waals surface area contributed by atoms with E-state index in [2.05, 4.69) is 16.0 Å². The molecule has 1 saturated carbocycles. The van der Waals surface area contributed by atoms with E-state index in [4.69, 9.17) is 4.74 Å². The number of carbonyl (C=O) groups is 2. The molecule has 1 unspecified atom stereocenters. The number of nitrogens with one attached hydrogen (secondary N) is 3. The maximum Gasteiger partial charge on any atom is 0.315 e. The normalized spacial score (nSPS) is 14.7. The van der Waals surface area contributed by atoms with Crippen molar-refractivity contribution in [3.05, 3.63) is 29.8 Å². The Labute approximate surface area is 137 Å². The van der Waals surface area contributed by atoms with Crippen molar-refractivity contribution in [2.45, 2.75) is 44.7 Å². The predicted molar refractivity (Wildman–Crippen MR) is 88.5 cm³/mol. The minimum absolute atomic E-state index is 0.0214. The summed E-state index contributed by atoms with van der Waals surface area (Å²) >= 11 is 0. The fourth-order valence-corrected chi connectivity index (χ4v) is 2.19. The summed E-state index contributed by atoms with van der Waals surface area (Å²) in [5.41, 5.74) is 1.20. The third-order valence-electron chi connectivity index (χ3n) is 3.75. The molecule has 1 aromatic rings. The lowest BCUT2D eigenvalue weighted by atomic mass is 10.1. The Morgan fingerprint density at radius 1 is 1.26 bits per heavy atom. The molecule has 126 valence electrons. The second-order valence-corrected chi connectivity index (χ2v) is 5.96. The van der Waals surface area contributed by atoms with Gasteiger partial charge in [0.2, 0.25) is 5.91 Å². The Morgan fingerprint density at radius 2 is 1.96 bits per heavy atom. The van der Waals surface area contributed by atoms with Gasteiger partial charge in [-0.2, -0.15) is 0 Å². The number of amides is 3. The van der Waals surface area contributed by atoms with Crippen molar-refractivity contribution in [2.75, 3.05) is 13.7 Å². The first-order chi connectivity index (χ1) is 11.1. The maximum atomic E-state index is 11.7. The fourth-order valence-electron chi connectivity index (χ4n) is 2.19. The smallest absolute Gasteiger partial charge is 0.315 e. The summed E-state index contributed by atoms with van der Waals surface area (Å²) in [5.74, 6) is 0.706. The zero-order valence-electron chi connectivity index (χ0n) is 13.7. The van der Waals surface area contributed by atoms with Crippen molar-refractivity contribution in [2.24, 2.45) is 0 Å². The molecule has 1 aromatic carbocycles. The lowest BCUT2D eigenvalue weighted by Gasteiger charge is -2.14. The molecule has 1 atom stereocenters. The van der Waals surface area contributed by atoms with Gasteiger partial charge in [-0.05, 0) is 50.3 Å². The molecule has 1 fully saturated rings. The Morgan fingerprint density at radius 3 is 2.57 bits per heavy atom. The monoisotopic (exact) mass is 319 g/mol. The minimum Gasteiger partial charge on any atom is -0.497 e. The zero-order chi connectivity index (χ0) is 16.7. The van der Waals surface area contributed by atoms with Crippen molar-refractivity contribution >= 4 is 11.9 Å². The van der Waals surface area contributed by atoms with Crippen LogP contribution >= 0.6 is 0 Å². The number of hydrogen-bond acceptors (Lipinski definition) is 3. The highest BCUT2D eigenvalue weighted by Gasteiger charge is 2.23. The molecule has 0 aliphatic heterocycles. The van der Waals surface area contributed by atoms with Crippen LogP contribution in [0.4, 0.5) is 4.79 Å². The SMILES string of the molecule is COc1ccc(CCC(C)NC(=O)NCC(=O)NC2CC2)cc1. The number of methoxy groups -OCH3 is 1. The molecule has 3 amide bonds. The van der Waals surface area contributed by atoms with E-state index >= 15 is 0 Å². The summed E-state index contributed by atoms with van der Waals surface area (Å²) in [6, 6.07) is 7.94. The highest BCUT2D eigenvalue weighted by molar-refractivity contribution is 5.84. The van der Waals surface area contributed by atoms with Crippen LogP contribution in [0, 0.1) is 0 Å². The summed E-state index contributed by atoms with van der Waals surface area (Å²) in [5, 5.41) is 8.25. The van der Waals surface area contributed by atoms with E-state index in [0.717, 1.165) is 31.4 Å². The van der Waals surface area contributed by atoms with Crippen LogP contribution in [-0.2, 0) is 11.2 Å². The average Bonchev–Trinajstić information content (AvgIpc) is 3.35. The number of ether oxygens (including phenoxy) is 1. The quantitative estimate of drug-likeness (QED) is 0.681. The number of aryl methyl sites for hydroxylation is 1. The van der Waals surface area contributed by atoms with Crippen LogP contribution in [0.2, 0.25) is 0 Å². The number of urea groups is 1. The molecule has 0 bridgehead atoms. The van der Waals surface area contributed by atoms with Crippen LogP contribution in [0.25, 0.3) is 0 Å². The van der Waals surface area contributed by atoms with E-state index in [9.17, 15) is 9.59 Å². The Hall–Kier alpha value is -2.24. The molecule has 0 radical (unpaired) electrons. The first-order valence-electron chi connectivity index (χ1n) is 8.03. The van der Waals surface area contributed by atoms with Crippen molar-refractivity contribution in [1.82, 2.24) is 16.0 Å². The van der Waals surface area contributed by atoms with Gasteiger partial charge in [0, 0.05) is 12.1 Å². The molecule has 23 heavy (non-hydrogen) atoms. The number of benzene rings is 1. The van der Waals surface area contributed by atoms with Crippen LogP contribution in [0.5, 0.6) is 5.75 Å². The summed E-state index contributed by atoms with van der Waals surface area (Å²) in [6.07, 6.45) is 3.78. The van der Waals surface area contributed by atoms with Gasteiger partial charge in [-0.25, -0.2) is 4.79 Å². The average molecular weight is 319 g/mol. The van der Waals surface area contributed by atoms with Gasteiger partial charge in [-0.3, -0.25) is 4.79 Å². The van der Waals surface area contributed by atoms with Gasteiger partial charge >= 0.3 is 6.03 Å². The first-order valence-corrected chi connectivity index (χ1v) is 8.03. The Kier molecular flexibility index (Phi) is 6.26. The molecule has 0 aromatic heterocycles. The maximum absolute atomic E-state index is 11.7. The van der Waals surface area contributed by atoms with E-state index < -0.39 is 0 Å². The molecule has 3 N–H and O–H groups in total. The largest absolute Gasteiger partial charge is 0.497 e. The van der Waals surface area contributed by atoms with E-state index in [1.807, 2.05) is 31.2 Å². The topological polar surface area (TPSA) is 79.5 Å². The van der Waals surface area contributed by atoms with E-state index in [0.29, 0.717) is 6.04 Å².